The number of aromatic nitrogens is 1. The van der Waals surface area contributed by atoms with E-state index in [0.717, 1.165) is 32.5 Å². The summed E-state index contributed by atoms with van der Waals surface area (Å²) in [6.45, 7) is 7.67. The van der Waals surface area contributed by atoms with Crippen LogP contribution >= 0.6 is 0 Å². The first-order chi connectivity index (χ1) is 18.4. The first kappa shape index (κ1) is 26.9. The van der Waals surface area contributed by atoms with Crippen LogP contribution < -0.4 is 9.64 Å². The molecule has 1 aromatic heterocycles. The number of hydrogen-bond acceptors (Lipinski definition) is 5. The van der Waals surface area contributed by atoms with Crippen LogP contribution in [0.3, 0.4) is 0 Å². The number of rotatable bonds is 7. The zero-order valence-electron chi connectivity index (χ0n) is 22.6. The summed E-state index contributed by atoms with van der Waals surface area (Å²) in [7, 11) is 1.63. The van der Waals surface area contributed by atoms with Gasteiger partial charge >= 0.3 is 0 Å². The third-order valence-electron chi connectivity index (χ3n) is 8.77. The highest BCUT2D eigenvalue weighted by atomic mass is 19.2. The van der Waals surface area contributed by atoms with E-state index in [4.69, 9.17) is 4.74 Å². The molecular formula is C30H40F2N4O2. The fourth-order valence-corrected chi connectivity index (χ4v) is 6.88. The van der Waals surface area contributed by atoms with Crippen molar-refractivity contribution in [3.05, 3.63) is 53.7 Å². The van der Waals surface area contributed by atoms with Crippen molar-refractivity contribution in [2.24, 2.45) is 23.7 Å². The van der Waals surface area contributed by atoms with Crippen LogP contribution in [0.25, 0.3) is 0 Å². The van der Waals surface area contributed by atoms with Gasteiger partial charge in [-0.3, -0.25) is 4.79 Å². The molecule has 1 saturated carbocycles. The number of halogens is 2. The summed E-state index contributed by atoms with van der Waals surface area (Å²) >= 11 is 0. The number of carbonyl (C=O) groups excluding carboxylic acids is 1. The van der Waals surface area contributed by atoms with E-state index in [9.17, 15) is 13.6 Å². The number of anilines is 1. The Bertz CT molecular complexity index is 1090. The summed E-state index contributed by atoms with van der Waals surface area (Å²) in [5.41, 5.74) is 1.88. The number of carbonyl (C=O) groups is 1. The molecule has 3 fully saturated rings. The summed E-state index contributed by atoms with van der Waals surface area (Å²) < 4.78 is 32.3. The normalized spacial score (nSPS) is 25.1. The molecule has 0 unspecified atom stereocenters. The highest BCUT2D eigenvalue weighted by Crippen LogP contribution is 2.40. The molecule has 2 saturated heterocycles. The predicted octanol–water partition coefficient (Wildman–Crippen LogP) is 4.63. The molecule has 0 radical (unpaired) electrons. The fourth-order valence-electron chi connectivity index (χ4n) is 6.88. The van der Waals surface area contributed by atoms with Gasteiger partial charge in [-0.2, -0.15) is 0 Å². The zero-order valence-corrected chi connectivity index (χ0v) is 22.6. The molecule has 3 heterocycles. The van der Waals surface area contributed by atoms with Gasteiger partial charge in [0.05, 0.1) is 13.0 Å². The zero-order chi connectivity index (χ0) is 26.6. The molecule has 1 aromatic carbocycles. The lowest BCUT2D eigenvalue weighted by Gasteiger charge is -2.48. The number of nitrogens with zero attached hydrogens (tertiary/aromatic N) is 4. The second-order valence-electron chi connectivity index (χ2n) is 11.5. The molecule has 3 aliphatic rings. The van der Waals surface area contributed by atoms with E-state index in [1.807, 2.05) is 22.1 Å². The number of likely N-dealkylation sites (tertiary alicyclic amines) is 1. The van der Waals surface area contributed by atoms with E-state index in [-0.39, 0.29) is 11.8 Å². The second kappa shape index (κ2) is 12.0. The lowest BCUT2D eigenvalue weighted by molar-refractivity contribution is -0.142. The average Bonchev–Trinajstić information content (AvgIpc) is 2.94. The van der Waals surface area contributed by atoms with E-state index in [0.29, 0.717) is 55.5 Å². The maximum atomic E-state index is 13.9. The van der Waals surface area contributed by atoms with Gasteiger partial charge in [0.1, 0.15) is 0 Å². The second-order valence-corrected chi connectivity index (χ2v) is 11.5. The van der Waals surface area contributed by atoms with Crippen molar-refractivity contribution in [3.8, 4) is 5.88 Å². The lowest BCUT2D eigenvalue weighted by Crippen LogP contribution is -2.57. The Kier molecular flexibility index (Phi) is 8.46. The van der Waals surface area contributed by atoms with Crippen molar-refractivity contribution in [2.75, 3.05) is 57.8 Å². The Labute approximate surface area is 225 Å². The molecule has 206 valence electrons. The highest BCUT2D eigenvalue weighted by Gasteiger charge is 2.43. The van der Waals surface area contributed by atoms with Crippen LogP contribution in [-0.4, -0.2) is 73.6 Å². The fraction of sp³-hybridized carbons (Fsp3) is 0.600. The van der Waals surface area contributed by atoms with Gasteiger partial charge < -0.3 is 19.4 Å². The van der Waals surface area contributed by atoms with Crippen molar-refractivity contribution in [3.63, 3.8) is 0 Å². The molecule has 2 aliphatic heterocycles. The number of piperidine rings is 1. The van der Waals surface area contributed by atoms with Crippen LogP contribution in [0.15, 0.2) is 36.5 Å². The Balaban J connectivity index is 1.20. The summed E-state index contributed by atoms with van der Waals surface area (Å²) in [5, 5.41) is 0. The number of benzene rings is 1. The van der Waals surface area contributed by atoms with Crippen LogP contribution in [0.4, 0.5) is 14.5 Å². The van der Waals surface area contributed by atoms with Crippen LogP contribution in [0.5, 0.6) is 5.88 Å². The molecule has 38 heavy (non-hydrogen) atoms. The van der Waals surface area contributed by atoms with Gasteiger partial charge in [-0.25, -0.2) is 13.8 Å². The van der Waals surface area contributed by atoms with E-state index < -0.39 is 11.6 Å². The number of amides is 1. The lowest BCUT2D eigenvalue weighted by atomic mass is 9.69. The largest absolute Gasteiger partial charge is 0.481 e. The van der Waals surface area contributed by atoms with Gasteiger partial charge in [-0.1, -0.05) is 25.8 Å². The topological polar surface area (TPSA) is 48.9 Å². The van der Waals surface area contributed by atoms with Crippen molar-refractivity contribution < 1.29 is 18.3 Å². The number of methoxy groups -OCH3 is 1. The number of pyridine rings is 1. The highest BCUT2D eigenvalue weighted by molar-refractivity contribution is 5.80. The summed E-state index contributed by atoms with van der Waals surface area (Å²) in [6, 6.07) is 8.04. The Morgan fingerprint density at radius 1 is 1.05 bits per heavy atom. The first-order valence-corrected chi connectivity index (χ1v) is 14.1. The van der Waals surface area contributed by atoms with Crippen LogP contribution in [0.2, 0.25) is 0 Å². The number of hydrogen-bond donors (Lipinski definition) is 0. The van der Waals surface area contributed by atoms with E-state index in [1.165, 1.54) is 37.0 Å². The number of piperazine rings is 1. The van der Waals surface area contributed by atoms with Gasteiger partial charge in [0.25, 0.3) is 0 Å². The number of ether oxygens (including phenoxy) is 1. The molecule has 6 nitrogen and oxygen atoms in total. The molecule has 0 spiro atoms. The van der Waals surface area contributed by atoms with E-state index in [2.05, 4.69) is 22.9 Å². The first-order valence-electron chi connectivity index (χ1n) is 14.1. The maximum Gasteiger partial charge on any atom is 0.227 e. The van der Waals surface area contributed by atoms with Crippen molar-refractivity contribution >= 4 is 11.6 Å². The van der Waals surface area contributed by atoms with Crippen molar-refractivity contribution in [2.45, 2.75) is 39.0 Å². The standard InChI is InChI=1S/C30H40F2N4O2/c1-21(15-22-7-10-29(38-2)33-17-22)18-34-19-23-5-3-4-6-25(23)26(20-34)30(37)36-13-11-35(12-14-36)24-8-9-27(31)28(32)16-24/h7-10,16-17,21,23,25-26H,3-6,11-15,18-20H2,1-2H3/t21-,23-,25-,26+/m0/s1. The minimum absolute atomic E-state index is 0.0405. The minimum Gasteiger partial charge on any atom is -0.481 e. The van der Waals surface area contributed by atoms with Crippen LogP contribution in [0, 0.1) is 35.3 Å². The average molecular weight is 527 g/mol. The third-order valence-corrected chi connectivity index (χ3v) is 8.77. The molecule has 1 aliphatic carbocycles. The Morgan fingerprint density at radius 3 is 2.55 bits per heavy atom. The summed E-state index contributed by atoms with van der Waals surface area (Å²) in [6.07, 6.45) is 7.69. The molecule has 4 atom stereocenters. The summed E-state index contributed by atoms with van der Waals surface area (Å²) in [5.74, 6) is 0.809. The van der Waals surface area contributed by atoms with Gasteiger partial charge in [-0.15, -0.1) is 0 Å². The molecule has 1 amide bonds. The third kappa shape index (κ3) is 6.11. The molecule has 8 heteroatoms. The summed E-state index contributed by atoms with van der Waals surface area (Å²) in [4.78, 5) is 24.8. The maximum absolute atomic E-state index is 13.9. The monoisotopic (exact) mass is 526 g/mol. The molecule has 0 bridgehead atoms. The van der Waals surface area contributed by atoms with Crippen molar-refractivity contribution in [1.82, 2.24) is 14.8 Å². The van der Waals surface area contributed by atoms with Gasteiger partial charge in [-0.05, 0) is 54.7 Å². The molecule has 0 N–H and O–H groups in total. The molecule has 2 aromatic rings. The Hall–Kier alpha value is -2.74. The van der Waals surface area contributed by atoms with Gasteiger partial charge in [0, 0.05) is 69.8 Å². The SMILES string of the molecule is COc1ccc(C[C@H](C)CN2C[C@@H]3CCCC[C@@H]3[C@H](C(=O)N3CCN(c4ccc(F)c(F)c4)CC3)C2)cn1. The minimum atomic E-state index is -0.832. The van der Waals surface area contributed by atoms with Crippen molar-refractivity contribution in [1.29, 1.82) is 0 Å². The van der Waals surface area contributed by atoms with Gasteiger partial charge in [0.15, 0.2) is 11.6 Å². The Morgan fingerprint density at radius 2 is 1.84 bits per heavy atom. The number of fused-ring (bicyclic) bond motifs is 1. The predicted molar refractivity (Wildman–Crippen MR) is 144 cm³/mol. The van der Waals surface area contributed by atoms with E-state index in [1.54, 1.807) is 13.2 Å². The molecule has 5 rings (SSSR count). The van der Waals surface area contributed by atoms with Crippen LogP contribution in [0.1, 0.15) is 38.2 Å². The smallest absolute Gasteiger partial charge is 0.227 e. The quantitative estimate of drug-likeness (QED) is 0.527. The van der Waals surface area contributed by atoms with Gasteiger partial charge in [0.2, 0.25) is 11.8 Å². The molecular weight excluding hydrogens is 486 g/mol. The van der Waals surface area contributed by atoms with Crippen LogP contribution in [-0.2, 0) is 11.2 Å². The van der Waals surface area contributed by atoms with E-state index >= 15 is 0 Å².